The zero-order valence-corrected chi connectivity index (χ0v) is 6.94. The van der Waals surface area contributed by atoms with Gasteiger partial charge >= 0.3 is 0 Å². The average molecular weight is 130 g/mol. The third-order valence-corrected chi connectivity index (χ3v) is 3.79. The minimum Gasteiger partial charge on any atom is -0.373 e. The molecule has 2 heteroatoms. The second kappa shape index (κ2) is 3.25. The van der Waals surface area contributed by atoms with E-state index in [1.54, 1.807) is 0 Å². The highest BCUT2D eigenvalue weighted by Gasteiger charge is 2.20. The summed E-state index contributed by atoms with van der Waals surface area (Å²) >= 11 is 0. The van der Waals surface area contributed by atoms with Gasteiger partial charge in [0.15, 0.2) is 0 Å². The van der Waals surface area contributed by atoms with E-state index in [2.05, 4.69) is 6.92 Å². The van der Waals surface area contributed by atoms with Gasteiger partial charge in [0, 0.05) is 9.52 Å². The highest BCUT2D eigenvalue weighted by molar-refractivity contribution is 6.35. The quantitative estimate of drug-likeness (QED) is 0.311. The Morgan fingerprint density at radius 1 is 1.75 bits per heavy atom. The maximum Gasteiger partial charge on any atom is 0.0781 e. The van der Waals surface area contributed by atoms with Crippen molar-refractivity contribution in [3.63, 3.8) is 0 Å². The molecule has 1 aliphatic rings. The van der Waals surface area contributed by atoms with Crippen molar-refractivity contribution in [3.05, 3.63) is 0 Å². The van der Waals surface area contributed by atoms with Gasteiger partial charge in [-0.2, -0.15) is 0 Å². The molecule has 0 aromatic rings. The standard InChI is InChI=1S/C6H14OSi/c1-2-3-8-5-6-4-7-6/h6H,2-5,8H2,1H3. The molecule has 0 aromatic heterocycles. The first kappa shape index (κ1) is 6.30. The molecule has 1 unspecified atom stereocenters. The fourth-order valence-corrected chi connectivity index (χ4v) is 2.43. The van der Waals surface area contributed by atoms with Crippen LogP contribution >= 0.6 is 0 Å². The molecule has 1 atom stereocenters. The summed E-state index contributed by atoms with van der Waals surface area (Å²) in [6, 6.07) is 2.95. The number of rotatable bonds is 4. The zero-order valence-electron chi connectivity index (χ0n) is 5.52. The number of hydrogen-bond donors (Lipinski definition) is 0. The maximum absolute atomic E-state index is 5.09. The van der Waals surface area contributed by atoms with Crippen molar-refractivity contribution in [2.75, 3.05) is 6.61 Å². The molecule has 1 saturated heterocycles. The first-order chi connectivity index (χ1) is 3.93. The second-order valence-corrected chi connectivity index (χ2v) is 4.44. The van der Waals surface area contributed by atoms with Crippen molar-refractivity contribution in [2.24, 2.45) is 0 Å². The maximum atomic E-state index is 5.09. The molecule has 0 aromatic carbocycles. The summed E-state index contributed by atoms with van der Waals surface area (Å²) in [5.41, 5.74) is 0. The predicted molar refractivity (Wildman–Crippen MR) is 38.2 cm³/mol. The lowest BCUT2D eigenvalue weighted by atomic mass is 10.6. The van der Waals surface area contributed by atoms with Crippen LogP contribution in [0.15, 0.2) is 0 Å². The Labute approximate surface area is 53.2 Å². The van der Waals surface area contributed by atoms with E-state index in [1.807, 2.05) is 0 Å². The van der Waals surface area contributed by atoms with E-state index in [9.17, 15) is 0 Å². The van der Waals surface area contributed by atoms with Crippen LogP contribution in [0.2, 0.25) is 12.1 Å². The van der Waals surface area contributed by atoms with Crippen LogP contribution in [0, 0.1) is 0 Å². The van der Waals surface area contributed by atoms with Crippen LogP contribution in [0.3, 0.4) is 0 Å². The lowest BCUT2D eigenvalue weighted by Gasteiger charge is -1.89. The topological polar surface area (TPSA) is 12.5 Å². The summed E-state index contributed by atoms with van der Waals surface area (Å²) < 4.78 is 5.09. The normalized spacial score (nSPS) is 27.4. The molecule has 0 saturated carbocycles. The van der Waals surface area contributed by atoms with Gasteiger partial charge in [-0.05, 0) is 6.04 Å². The molecule has 48 valence electrons. The second-order valence-electron chi connectivity index (χ2n) is 2.45. The van der Waals surface area contributed by atoms with Crippen molar-refractivity contribution in [2.45, 2.75) is 31.5 Å². The molecule has 0 spiro atoms. The Morgan fingerprint density at radius 2 is 2.50 bits per heavy atom. The summed E-state index contributed by atoms with van der Waals surface area (Å²) in [7, 11) is 0.301. The van der Waals surface area contributed by atoms with Gasteiger partial charge in [-0.15, -0.1) is 0 Å². The van der Waals surface area contributed by atoms with Gasteiger partial charge in [0.25, 0.3) is 0 Å². The van der Waals surface area contributed by atoms with E-state index >= 15 is 0 Å². The minimum absolute atomic E-state index is 0.301. The molecular weight excluding hydrogens is 116 g/mol. The molecule has 1 aliphatic heterocycles. The molecule has 1 rings (SSSR count). The van der Waals surface area contributed by atoms with Gasteiger partial charge in [0.1, 0.15) is 0 Å². The largest absolute Gasteiger partial charge is 0.373 e. The number of hydrogen-bond acceptors (Lipinski definition) is 1. The first-order valence-corrected chi connectivity index (χ1v) is 5.55. The van der Waals surface area contributed by atoms with Crippen molar-refractivity contribution < 1.29 is 4.74 Å². The lowest BCUT2D eigenvalue weighted by Crippen LogP contribution is -1.92. The molecule has 0 N–H and O–H groups in total. The van der Waals surface area contributed by atoms with E-state index in [0.29, 0.717) is 15.6 Å². The summed E-state index contributed by atoms with van der Waals surface area (Å²) in [6.07, 6.45) is 2.10. The van der Waals surface area contributed by atoms with Crippen molar-refractivity contribution >= 4 is 9.52 Å². The average Bonchev–Trinajstić information content (AvgIpc) is 2.51. The van der Waals surface area contributed by atoms with Crippen LogP contribution < -0.4 is 0 Å². The van der Waals surface area contributed by atoms with Crippen molar-refractivity contribution in [1.82, 2.24) is 0 Å². The third-order valence-electron chi connectivity index (χ3n) is 1.53. The van der Waals surface area contributed by atoms with E-state index in [4.69, 9.17) is 4.74 Å². The monoisotopic (exact) mass is 130 g/mol. The summed E-state index contributed by atoms with van der Waals surface area (Å²) in [6.45, 7) is 3.33. The predicted octanol–water partition coefficient (Wildman–Crippen LogP) is 0.801. The molecule has 0 aliphatic carbocycles. The fourth-order valence-electron chi connectivity index (χ4n) is 0.857. The Kier molecular flexibility index (Phi) is 2.56. The lowest BCUT2D eigenvalue weighted by molar-refractivity contribution is 0.422. The van der Waals surface area contributed by atoms with Gasteiger partial charge in [-0.1, -0.05) is 19.4 Å². The fraction of sp³-hybridized carbons (Fsp3) is 1.00. The Hall–Kier alpha value is 0.177. The summed E-state index contributed by atoms with van der Waals surface area (Å²) in [4.78, 5) is 0. The van der Waals surface area contributed by atoms with E-state index in [-0.39, 0.29) is 0 Å². The van der Waals surface area contributed by atoms with Crippen molar-refractivity contribution in [1.29, 1.82) is 0 Å². The number of ether oxygens (including phenoxy) is 1. The first-order valence-electron chi connectivity index (χ1n) is 3.55. The third kappa shape index (κ3) is 2.48. The van der Waals surface area contributed by atoms with E-state index < -0.39 is 0 Å². The zero-order chi connectivity index (χ0) is 5.82. The van der Waals surface area contributed by atoms with Crippen LogP contribution in [0.4, 0.5) is 0 Å². The van der Waals surface area contributed by atoms with Crippen LogP contribution in [-0.2, 0) is 4.74 Å². The van der Waals surface area contributed by atoms with Crippen LogP contribution in [0.25, 0.3) is 0 Å². The van der Waals surface area contributed by atoms with E-state index in [0.717, 1.165) is 6.61 Å². The molecule has 0 radical (unpaired) electrons. The summed E-state index contributed by atoms with van der Waals surface area (Å²) in [5.74, 6) is 0. The van der Waals surface area contributed by atoms with Gasteiger partial charge in [-0.3, -0.25) is 0 Å². The van der Waals surface area contributed by atoms with Gasteiger partial charge in [0.05, 0.1) is 12.7 Å². The number of epoxide rings is 1. The van der Waals surface area contributed by atoms with Crippen molar-refractivity contribution in [3.8, 4) is 0 Å². The molecule has 0 amide bonds. The smallest absolute Gasteiger partial charge is 0.0781 e. The molecule has 1 heterocycles. The van der Waals surface area contributed by atoms with Gasteiger partial charge < -0.3 is 4.74 Å². The van der Waals surface area contributed by atoms with Gasteiger partial charge in [-0.25, -0.2) is 0 Å². The molecule has 1 fully saturated rings. The Morgan fingerprint density at radius 3 is 3.00 bits per heavy atom. The van der Waals surface area contributed by atoms with Gasteiger partial charge in [0.2, 0.25) is 0 Å². The highest BCUT2D eigenvalue weighted by Crippen LogP contribution is 2.13. The molecule has 1 nitrogen and oxygen atoms in total. The van der Waals surface area contributed by atoms with E-state index in [1.165, 1.54) is 18.5 Å². The van der Waals surface area contributed by atoms with Crippen LogP contribution in [0.5, 0.6) is 0 Å². The molecule has 8 heavy (non-hydrogen) atoms. The SMILES string of the molecule is CCC[SiH2]CC1CO1. The van der Waals surface area contributed by atoms with Crippen LogP contribution in [0.1, 0.15) is 13.3 Å². The molecular formula is C6H14OSi. The summed E-state index contributed by atoms with van der Waals surface area (Å²) in [5, 5.41) is 0. The Bertz CT molecular complexity index is 61.5. The highest BCUT2D eigenvalue weighted by atomic mass is 28.2. The Balaban J connectivity index is 1.74. The molecule has 0 bridgehead atoms. The van der Waals surface area contributed by atoms with Crippen LogP contribution in [-0.4, -0.2) is 22.2 Å². The minimum atomic E-state index is 0.301.